The highest BCUT2D eigenvalue weighted by Crippen LogP contribution is 2.30. The number of nitrogens with zero attached hydrogens (tertiary/aromatic N) is 2. The maximum Gasteiger partial charge on any atom is 0.305 e. The molecule has 21 heavy (non-hydrogen) atoms. The molecule has 0 atom stereocenters. The second-order valence-electron chi connectivity index (χ2n) is 4.40. The van der Waals surface area contributed by atoms with Gasteiger partial charge in [-0.3, -0.25) is 14.9 Å². The van der Waals surface area contributed by atoms with Gasteiger partial charge in [0.05, 0.1) is 16.2 Å². The zero-order valence-corrected chi connectivity index (χ0v) is 12.5. The molecule has 1 aromatic carbocycles. The predicted molar refractivity (Wildman–Crippen MR) is 76.3 cm³/mol. The summed E-state index contributed by atoms with van der Waals surface area (Å²) in [6, 6.07) is 3.61. The van der Waals surface area contributed by atoms with Crippen LogP contribution in [0.1, 0.15) is 13.3 Å². The van der Waals surface area contributed by atoms with Crippen molar-refractivity contribution in [3.8, 4) is 0 Å². The summed E-state index contributed by atoms with van der Waals surface area (Å²) in [5.41, 5.74) is -0.152. The van der Waals surface area contributed by atoms with Crippen molar-refractivity contribution < 1.29 is 23.2 Å². The largest absolute Gasteiger partial charge is 0.481 e. The Kier molecular flexibility index (Phi) is 5.25. The van der Waals surface area contributed by atoms with Gasteiger partial charge in [0.1, 0.15) is 5.69 Å². The Morgan fingerprint density at radius 3 is 2.48 bits per heavy atom. The highest BCUT2D eigenvalue weighted by molar-refractivity contribution is 7.90. The Morgan fingerprint density at radius 1 is 1.43 bits per heavy atom. The van der Waals surface area contributed by atoms with E-state index in [1.807, 2.05) is 0 Å². The lowest BCUT2D eigenvalue weighted by atomic mass is 10.2. The van der Waals surface area contributed by atoms with E-state index in [4.69, 9.17) is 5.11 Å². The molecule has 0 heterocycles. The molecule has 0 bridgehead atoms. The molecule has 0 radical (unpaired) electrons. The first-order chi connectivity index (χ1) is 9.66. The number of carboxylic acid groups (broad SMARTS) is 1. The number of hydrogen-bond acceptors (Lipinski definition) is 6. The van der Waals surface area contributed by atoms with Crippen LogP contribution in [-0.2, 0) is 14.6 Å². The van der Waals surface area contributed by atoms with E-state index in [9.17, 15) is 23.3 Å². The van der Waals surface area contributed by atoms with Crippen LogP contribution < -0.4 is 4.90 Å². The van der Waals surface area contributed by atoms with Crippen LogP contribution >= 0.6 is 0 Å². The first kappa shape index (κ1) is 16.9. The molecule has 8 nitrogen and oxygen atoms in total. The molecule has 1 N–H and O–H groups in total. The van der Waals surface area contributed by atoms with Crippen LogP contribution in [0.3, 0.4) is 0 Å². The van der Waals surface area contributed by atoms with Crippen LogP contribution in [0.15, 0.2) is 23.1 Å². The molecular weight excluding hydrogens is 300 g/mol. The monoisotopic (exact) mass is 316 g/mol. The standard InChI is InChI=1S/C12H16N2O6S/c1-3-13(7-6-12(15)16)10-5-4-9(21(2,19)20)8-11(10)14(17)18/h4-5,8H,3,6-7H2,1-2H3,(H,15,16). The molecule has 0 aliphatic rings. The average molecular weight is 316 g/mol. The van der Waals surface area contributed by atoms with Gasteiger partial charge in [0.25, 0.3) is 5.69 Å². The van der Waals surface area contributed by atoms with Gasteiger partial charge in [-0.1, -0.05) is 0 Å². The molecule has 0 saturated carbocycles. The molecule has 1 rings (SSSR count). The van der Waals surface area contributed by atoms with E-state index in [0.29, 0.717) is 6.54 Å². The van der Waals surface area contributed by atoms with Crippen molar-refractivity contribution in [3.05, 3.63) is 28.3 Å². The highest BCUT2D eigenvalue weighted by Gasteiger charge is 2.22. The molecule has 0 fully saturated rings. The van der Waals surface area contributed by atoms with Crippen molar-refractivity contribution in [2.45, 2.75) is 18.2 Å². The fraction of sp³-hybridized carbons (Fsp3) is 0.417. The molecule has 0 aliphatic carbocycles. The number of hydrogen-bond donors (Lipinski definition) is 1. The molecule has 0 saturated heterocycles. The first-order valence-electron chi connectivity index (χ1n) is 6.12. The van der Waals surface area contributed by atoms with Gasteiger partial charge in [0, 0.05) is 25.4 Å². The number of benzene rings is 1. The SMILES string of the molecule is CCN(CCC(=O)O)c1ccc(S(C)(=O)=O)cc1[N+](=O)[O-]. The zero-order valence-electron chi connectivity index (χ0n) is 11.6. The lowest BCUT2D eigenvalue weighted by Crippen LogP contribution is -2.26. The molecular formula is C12H16N2O6S. The number of nitro groups is 1. The van der Waals surface area contributed by atoms with Crippen molar-refractivity contribution in [2.75, 3.05) is 24.2 Å². The van der Waals surface area contributed by atoms with Crippen LogP contribution in [0.25, 0.3) is 0 Å². The third kappa shape index (κ3) is 4.42. The summed E-state index contributed by atoms with van der Waals surface area (Å²) in [6.45, 7) is 2.20. The van der Waals surface area contributed by atoms with E-state index in [2.05, 4.69) is 0 Å². The van der Waals surface area contributed by atoms with Gasteiger partial charge in [0.15, 0.2) is 9.84 Å². The number of carboxylic acids is 1. The molecule has 0 aromatic heterocycles. The van der Waals surface area contributed by atoms with Gasteiger partial charge < -0.3 is 10.0 Å². The second-order valence-corrected chi connectivity index (χ2v) is 6.42. The fourth-order valence-corrected chi connectivity index (χ4v) is 2.47. The smallest absolute Gasteiger partial charge is 0.305 e. The predicted octanol–water partition coefficient (Wildman–Crippen LogP) is 1.30. The summed E-state index contributed by atoms with van der Waals surface area (Å²) in [7, 11) is -3.55. The topological polar surface area (TPSA) is 118 Å². The minimum atomic E-state index is -3.55. The normalized spacial score (nSPS) is 11.1. The number of nitro benzene ring substituents is 1. The van der Waals surface area contributed by atoms with Crippen molar-refractivity contribution in [3.63, 3.8) is 0 Å². The first-order valence-corrected chi connectivity index (χ1v) is 8.01. The molecule has 0 amide bonds. The van der Waals surface area contributed by atoms with E-state index >= 15 is 0 Å². The van der Waals surface area contributed by atoms with Crippen LogP contribution in [0, 0.1) is 10.1 Å². The number of carbonyl (C=O) groups is 1. The fourth-order valence-electron chi connectivity index (χ4n) is 1.83. The maximum atomic E-state index is 11.5. The lowest BCUT2D eigenvalue weighted by Gasteiger charge is -2.22. The molecule has 1 aromatic rings. The Bertz CT molecular complexity index is 656. The second kappa shape index (κ2) is 6.53. The molecule has 9 heteroatoms. The van der Waals surface area contributed by atoms with E-state index in [1.165, 1.54) is 17.0 Å². The van der Waals surface area contributed by atoms with E-state index in [-0.39, 0.29) is 29.2 Å². The van der Waals surface area contributed by atoms with Crippen molar-refractivity contribution in [1.82, 2.24) is 0 Å². The van der Waals surface area contributed by atoms with Gasteiger partial charge in [-0.05, 0) is 19.1 Å². The minimum absolute atomic E-state index is 0.102. The van der Waals surface area contributed by atoms with Crippen molar-refractivity contribution in [1.29, 1.82) is 0 Å². The third-order valence-corrected chi connectivity index (χ3v) is 4.00. The van der Waals surface area contributed by atoms with Gasteiger partial charge in [-0.15, -0.1) is 0 Å². The Hall–Kier alpha value is -2.16. The summed E-state index contributed by atoms with van der Waals surface area (Å²) >= 11 is 0. The number of aliphatic carboxylic acids is 1. The van der Waals surface area contributed by atoms with Crippen LogP contribution in [0.4, 0.5) is 11.4 Å². The van der Waals surface area contributed by atoms with E-state index in [0.717, 1.165) is 12.3 Å². The average Bonchev–Trinajstić information content (AvgIpc) is 2.37. The molecule has 116 valence electrons. The summed E-state index contributed by atoms with van der Waals surface area (Å²) in [5.74, 6) is -1.01. The van der Waals surface area contributed by atoms with Crippen molar-refractivity contribution in [2.24, 2.45) is 0 Å². The van der Waals surface area contributed by atoms with Crippen LogP contribution in [0.5, 0.6) is 0 Å². The summed E-state index contributed by atoms with van der Waals surface area (Å²) in [4.78, 5) is 22.4. The number of sulfone groups is 1. The highest BCUT2D eigenvalue weighted by atomic mass is 32.2. The number of rotatable bonds is 7. The third-order valence-electron chi connectivity index (χ3n) is 2.89. The zero-order chi connectivity index (χ0) is 16.2. The van der Waals surface area contributed by atoms with Gasteiger partial charge >= 0.3 is 5.97 Å². The Labute approximate surface area is 122 Å². The van der Waals surface area contributed by atoms with E-state index in [1.54, 1.807) is 6.92 Å². The molecule has 0 aliphatic heterocycles. The van der Waals surface area contributed by atoms with Gasteiger partial charge in [-0.2, -0.15) is 0 Å². The lowest BCUT2D eigenvalue weighted by molar-refractivity contribution is -0.384. The van der Waals surface area contributed by atoms with Crippen molar-refractivity contribution >= 4 is 27.2 Å². The Balaban J connectivity index is 3.28. The van der Waals surface area contributed by atoms with Gasteiger partial charge in [0.2, 0.25) is 0 Å². The maximum absolute atomic E-state index is 11.5. The number of anilines is 1. The summed E-state index contributed by atoms with van der Waals surface area (Å²) in [5, 5.41) is 19.8. The molecule has 0 spiro atoms. The van der Waals surface area contributed by atoms with Crippen LogP contribution in [-0.4, -0.2) is 43.8 Å². The summed E-state index contributed by atoms with van der Waals surface area (Å²) < 4.78 is 22.9. The molecule has 0 unspecified atom stereocenters. The quantitative estimate of drug-likeness (QED) is 0.595. The van der Waals surface area contributed by atoms with Crippen LogP contribution in [0.2, 0.25) is 0 Å². The van der Waals surface area contributed by atoms with Gasteiger partial charge in [-0.25, -0.2) is 8.42 Å². The summed E-state index contributed by atoms with van der Waals surface area (Å²) in [6.07, 6.45) is 0.798. The van der Waals surface area contributed by atoms with E-state index < -0.39 is 20.7 Å². The Morgan fingerprint density at radius 2 is 2.05 bits per heavy atom. The minimum Gasteiger partial charge on any atom is -0.481 e.